The van der Waals surface area contributed by atoms with Crippen LogP contribution in [0.3, 0.4) is 0 Å². The maximum absolute atomic E-state index is 7.64. The van der Waals surface area contributed by atoms with Crippen LogP contribution in [0.5, 0.6) is 11.5 Å². The van der Waals surface area contributed by atoms with Gasteiger partial charge in [0.05, 0.1) is 0 Å². The van der Waals surface area contributed by atoms with E-state index in [4.69, 9.17) is 9.05 Å². The Bertz CT molecular complexity index is 2350. The van der Waals surface area contributed by atoms with Gasteiger partial charge >= 0.3 is 0 Å². The Morgan fingerprint density at radius 1 is 0.362 bits per heavy atom. The van der Waals surface area contributed by atoms with Crippen LogP contribution in [0.25, 0.3) is 33.4 Å². The number of benzene rings is 6. The molecule has 0 bridgehead atoms. The average molecular weight is 805 g/mol. The molecule has 0 saturated heterocycles. The van der Waals surface area contributed by atoms with Crippen molar-refractivity contribution in [2.24, 2.45) is 0 Å². The lowest BCUT2D eigenvalue weighted by atomic mass is 9.75. The van der Waals surface area contributed by atoms with Gasteiger partial charge in [-0.2, -0.15) is 0 Å². The normalized spacial score (nSPS) is 16.2. The zero-order chi connectivity index (χ0) is 41.4. The first kappa shape index (κ1) is 40.2. The molecular formula is C52H58N2O2P2. The molecule has 6 heteroatoms. The van der Waals surface area contributed by atoms with Crippen molar-refractivity contribution in [3.63, 3.8) is 0 Å². The van der Waals surface area contributed by atoms with E-state index >= 15 is 0 Å². The van der Waals surface area contributed by atoms with E-state index in [9.17, 15) is 0 Å². The summed E-state index contributed by atoms with van der Waals surface area (Å²) in [6, 6.07) is 44.2. The Morgan fingerprint density at radius 3 is 1.03 bits per heavy atom. The van der Waals surface area contributed by atoms with Crippen molar-refractivity contribution in [1.29, 1.82) is 0 Å². The quantitative estimate of drug-likeness (QED) is 0.170. The maximum Gasteiger partial charge on any atom is 0.223 e. The van der Waals surface area contributed by atoms with Gasteiger partial charge in [0.2, 0.25) is 16.6 Å². The predicted octanol–water partition coefficient (Wildman–Crippen LogP) is 14.8. The molecule has 2 unspecified atom stereocenters. The van der Waals surface area contributed by atoms with Gasteiger partial charge in [0.15, 0.2) is 0 Å². The second-order valence-electron chi connectivity index (χ2n) is 19.9. The summed E-state index contributed by atoms with van der Waals surface area (Å²) < 4.78 is 15.3. The number of fused-ring (bicyclic) bond motifs is 6. The molecule has 6 aromatic rings. The van der Waals surface area contributed by atoms with E-state index in [1.807, 2.05) is 0 Å². The molecule has 2 aliphatic heterocycles. The van der Waals surface area contributed by atoms with Crippen molar-refractivity contribution < 1.29 is 9.05 Å². The number of anilines is 2. The van der Waals surface area contributed by atoms with Crippen molar-refractivity contribution >= 4 is 38.6 Å². The molecule has 4 nitrogen and oxygen atoms in total. The molecule has 2 heterocycles. The zero-order valence-corrected chi connectivity index (χ0v) is 38.0. The summed E-state index contributed by atoms with van der Waals surface area (Å²) in [7, 11) is -2.62. The third-order valence-electron chi connectivity index (χ3n) is 11.3. The Morgan fingerprint density at radius 2 is 0.690 bits per heavy atom. The highest BCUT2D eigenvalue weighted by Crippen LogP contribution is 2.57. The number of para-hydroxylation sites is 2. The topological polar surface area (TPSA) is 42.5 Å². The highest BCUT2D eigenvalue weighted by atomic mass is 31.2. The summed E-state index contributed by atoms with van der Waals surface area (Å²) in [5, 5.41) is 10.1. The van der Waals surface area contributed by atoms with E-state index < -0.39 is 16.6 Å². The minimum absolute atomic E-state index is 0.125. The Balaban J connectivity index is 1.42. The van der Waals surface area contributed by atoms with E-state index in [2.05, 4.69) is 215 Å². The molecule has 2 aliphatic rings. The van der Waals surface area contributed by atoms with Crippen molar-refractivity contribution in [3.05, 3.63) is 144 Å². The Labute approximate surface area is 349 Å². The van der Waals surface area contributed by atoms with Crippen molar-refractivity contribution in [2.45, 2.75) is 105 Å². The fourth-order valence-corrected chi connectivity index (χ4v) is 11.3. The predicted molar refractivity (Wildman–Crippen MR) is 252 cm³/mol. The monoisotopic (exact) mass is 804 g/mol. The van der Waals surface area contributed by atoms with Crippen molar-refractivity contribution in [2.75, 3.05) is 10.2 Å². The molecule has 0 fully saturated rings. The first-order chi connectivity index (χ1) is 27.3. The van der Waals surface area contributed by atoms with E-state index in [1.165, 1.54) is 55.1 Å². The molecule has 2 N–H and O–H groups in total. The highest BCUT2D eigenvalue weighted by molar-refractivity contribution is 7.63. The van der Waals surface area contributed by atoms with Gasteiger partial charge in [0.1, 0.15) is 11.5 Å². The van der Waals surface area contributed by atoms with Crippen LogP contribution in [0.4, 0.5) is 11.4 Å². The van der Waals surface area contributed by atoms with Crippen molar-refractivity contribution in [3.8, 4) is 44.9 Å². The van der Waals surface area contributed by atoms with Crippen LogP contribution in [0.1, 0.15) is 105 Å². The lowest BCUT2D eigenvalue weighted by molar-refractivity contribution is 0.525. The van der Waals surface area contributed by atoms with E-state index in [1.54, 1.807) is 0 Å². The van der Waals surface area contributed by atoms with E-state index in [0.29, 0.717) is 0 Å². The molecule has 0 radical (unpaired) electrons. The van der Waals surface area contributed by atoms with Gasteiger partial charge in [-0.15, -0.1) is 0 Å². The number of nitrogens with one attached hydrogen (secondary N) is 2. The zero-order valence-electron chi connectivity index (χ0n) is 36.3. The van der Waals surface area contributed by atoms with Crippen LogP contribution in [-0.2, 0) is 21.7 Å². The average Bonchev–Trinajstić information content (AvgIpc) is 3.16. The van der Waals surface area contributed by atoms with Gasteiger partial charge in [-0.05, 0) is 80.3 Å². The standard InChI is InChI=1S/C52H58N2O2P2/c1-49(2,3)33-29-39(47(41(31-33)51(7,8)9)55-57-45-27-19-15-23-37(45)35-21-13-17-25-43(35)53-57)40-30-34(50(4,5)6)32-42(52(10,11)12)48(40)56-58-46-28-20-16-24-38(46)36-22-14-18-26-44(36)54-58/h13-32,53-54H,1-12H3. The largest absolute Gasteiger partial charge is 0.448 e. The van der Waals surface area contributed by atoms with Crippen LogP contribution in [0.2, 0.25) is 0 Å². The van der Waals surface area contributed by atoms with Gasteiger partial charge in [-0.3, -0.25) is 0 Å². The molecular weight excluding hydrogens is 747 g/mol. The van der Waals surface area contributed by atoms with Gasteiger partial charge in [-0.25, -0.2) is 0 Å². The summed E-state index contributed by atoms with van der Waals surface area (Å²) in [4.78, 5) is 0. The lowest BCUT2D eigenvalue weighted by Crippen LogP contribution is -2.23. The number of rotatable bonds is 5. The first-order valence-corrected chi connectivity index (χ1v) is 23.1. The molecule has 298 valence electrons. The van der Waals surface area contributed by atoms with Gasteiger partial charge in [0, 0.05) is 55.4 Å². The first-order valence-electron chi connectivity index (χ1n) is 20.5. The fraction of sp³-hybridized carbons (Fsp3) is 0.308. The van der Waals surface area contributed by atoms with E-state index in [0.717, 1.165) is 34.0 Å². The van der Waals surface area contributed by atoms with Crippen molar-refractivity contribution in [1.82, 2.24) is 0 Å². The minimum atomic E-state index is -1.31. The molecule has 0 amide bonds. The van der Waals surface area contributed by atoms with Crippen LogP contribution < -0.4 is 29.8 Å². The smallest absolute Gasteiger partial charge is 0.223 e. The second kappa shape index (κ2) is 14.6. The summed E-state index contributed by atoms with van der Waals surface area (Å²) >= 11 is 0. The molecule has 0 saturated carbocycles. The third kappa shape index (κ3) is 7.56. The summed E-state index contributed by atoms with van der Waals surface area (Å²) in [5.74, 6) is 1.80. The lowest BCUT2D eigenvalue weighted by Gasteiger charge is -2.36. The Kier molecular flexibility index (Phi) is 10.1. The summed E-state index contributed by atoms with van der Waals surface area (Å²) in [6.45, 7) is 27.7. The Hall–Kier alpha value is -4.62. The van der Waals surface area contributed by atoms with Crippen LogP contribution in [0, 0.1) is 0 Å². The van der Waals surface area contributed by atoms with Crippen LogP contribution >= 0.6 is 16.6 Å². The minimum Gasteiger partial charge on any atom is -0.448 e. The highest BCUT2D eigenvalue weighted by Gasteiger charge is 2.36. The molecule has 6 aromatic carbocycles. The van der Waals surface area contributed by atoms with Gasteiger partial charge in [0.25, 0.3) is 0 Å². The molecule has 0 aromatic heterocycles. The van der Waals surface area contributed by atoms with Crippen LogP contribution in [0.15, 0.2) is 121 Å². The number of hydrogen-bond donors (Lipinski definition) is 2. The molecule has 0 aliphatic carbocycles. The second-order valence-corrected chi connectivity index (χ2v) is 22.9. The molecule has 8 rings (SSSR count). The summed E-state index contributed by atoms with van der Waals surface area (Å²) in [5.41, 5.74) is 13.3. The van der Waals surface area contributed by atoms with Gasteiger partial charge in [-0.1, -0.05) is 168 Å². The third-order valence-corrected chi connectivity index (χ3v) is 14.6. The molecule has 0 spiro atoms. The van der Waals surface area contributed by atoms with Crippen LogP contribution in [-0.4, -0.2) is 0 Å². The summed E-state index contributed by atoms with van der Waals surface area (Å²) in [6.07, 6.45) is 0. The fourth-order valence-electron chi connectivity index (χ4n) is 7.89. The molecule has 58 heavy (non-hydrogen) atoms. The molecule has 2 atom stereocenters. The number of hydrogen-bond acceptors (Lipinski definition) is 4. The van der Waals surface area contributed by atoms with E-state index in [-0.39, 0.29) is 21.7 Å². The van der Waals surface area contributed by atoms with Gasteiger partial charge < -0.3 is 19.2 Å². The SMILES string of the molecule is CC(C)(C)c1cc(-c2cc(C(C)(C)C)cc(C(C)(C)C)c2OP2Nc3ccccc3-c3ccccc32)c(OP2Nc3ccccc3-c3ccccc32)c(C(C)(C)C)c1. The maximum atomic E-state index is 7.64.